The second kappa shape index (κ2) is 12.2. The summed E-state index contributed by atoms with van der Waals surface area (Å²) in [5.74, 6) is 4.24. The minimum Gasteiger partial charge on any atom is -0.490 e. The Balaban J connectivity index is 1.35. The Morgan fingerprint density at radius 2 is 2.02 bits per heavy atom. The van der Waals surface area contributed by atoms with E-state index in [-0.39, 0.29) is 23.2 Å². The van der Waals surface area contributed by atoms with Gasteiger partial charge in [0.15, 0.2) is 0 Å². The number of fused-ring (bicyclic) bond motifs is 4. The number of aliphatic hydroxyl groups is 1. The summed E-state index contributed by atoms with van der Waals surface area (Å²) in [7, 11) is -3.00. The standard InChI is InChI=1S/C37H43ClN4O4S/c1-24-7-4-17-37(44,34-9-6-18-39-40-34)31-13-10-28(31)21-42-22-36(16-5-8-26-19-29(38)12-14-30(26)36)23-46-33-15-11-27(20-32(33)42)35(43)41-47(3,45)25(24)2/h4,6,9,11-12,14-15,17-20,24-25,28,31,44H,3,5,7-8,10,13,16,21-23H2,1-2H3,(H,41,43,45)/b17-4+/t24-,25+,28-,31+,36-,37-,47?/m0/s1. The van der Waals surface area contributed by atoms with Gasteiger partial charge in [-0.25, -0.2) is 4.21 Å². The van der Waals surface area contributed by atoms with Crippen LogP contribution in [0.2, 0.25) is 5.02 Å². The highest BCUT2D eigenvalue weighted by Crippen LogP contribution is 2.50. The molecule has 1 fully saturated rings. The lowest BCUT2D eigenvalue weighted by Crippen LogP contribution is -2.51. The first kappa shape index (κ1) is 32.2. The van der Waals surface area contributed by atoms with Gasteiger partial charge < -0.3 is 14.7 Å². The summed E-state index contributed by atoms with van der Waals surface area (Å²) < 4.78 is 23.2. The SMILES string of the molecule is C=S1(=O)NC(=O)c2ccc3c(c2)N(C[C@@H]2CC[C@H]2[C@](O)(c2cccnn2)/C=C/C[C@H](C)[C@H]1C)C[C@@]1(CCCc2cc(Cl)ccc21)CO3. The molecule has 8 nitrogen and oxygen atoms in total. The maximum Gasteiger partial charge on any atom is 0.262 e. The highest BCUT2D eigenvalue weighted by Gasteiger charge is 2.49. The Morgan fingerprint density at radius 3 is 2.79 bits per heavy atom. The van der Waals surface area contributed by atoms with Gasteiger partial charge in [-0.1, -0.05) is 36.7 Å². The fraction of sp³-hybridized carbons (Fsp3) is 0.459. The molecular formula is C37H43ClN4O4S. The quantitative estimate of drug-likeness (QED) is 0.246. The van der Waals surface area contributed by atoms with Crippen molar-refractivity contribution in [1.82, 2.24) is 14.9 Å². The third-order valence-electron chi connectivity index (χ3n) is 11.3. The lowest BCUT2D eigenvalue weighted by molar-refractivity contribution is -0.0535. The Kier molecular flexibility index (Phi) is 8.38. The van der Waals surface area contributed by atoms with Crippen molar-refractivity contribution < 1.29 is 18.8 Å². The van der Waals surface area contributed by atoms with Gasteiger partial charge in [0.25, 0.3) is 5.91 Å². The number of allylic oxidation sites excluding steroid dienone is 1. The lowest BCUT2D eigenvalue weighted by atomic mass is 9.63. The number of hydrogen-bond donors (Lipinski definition) is 2. The van der Waals surface area contributed by atoms with Crippen molar-refractivity contribution in [2.24, 2.45) is 17.8 Å². The number of benzene rings is 2. The van der Waals surface area contributed by atoms with Crippen LogP contribution in [0.25, 0.3) is 0 Å². The lowest BCUT2D eigenvalue weighted by Gasteiger charge is -2.48. The van der Waals surface area contributed by atoms with E-state index in [1.165, 1.54) is 11.1 Å². The number of nitrogens with one attached hydrogen (secondary N) is 1. The maximum absolute atomic E-state index is 13.8. The molecule has 7 rings (SSSR count). The maximum atomic E-state index is 13.8. The van der Waals surface area contributed by atoms with Crippen molar-refractivity contribution in [1.29, 1.82) is 0 Å². The topological polar surface area (TPSA) is 105 Å². The van der Waals surface area contributed by atoms with Crippen molar-refractivity contribution in [2.45, 2.75) is 68.6 Å². The van der Waals surface area contributed by atoms with E-state index >= 15 is 0 Å². The molecule has 2 bridgehead atoms. The van der Waals surface area contributed by atoms with Crippen molar-refractivity contribution >= 4 is 38.8 Å². The summed E-state index contributed by atoms with van der Waals surface area (Å²) in [6, 6.07) is 15.3. The molecule has 248 valence electrons. The summed E-state index contributed by atoms with van der Waals surface area (Å²) in [6.07, 6.45) is 10.7. The van der Waals surface area contributed by atoms with E-state index in [0.717, 1.165) is 42.8 Å². The number of amides is 1. The summed E-state index contributed by atoms with van der Waals surface area (Å²) in [5, 5.41) is 21.3. The molecule has 47 heavy (non-hydrogen) atoms. The number of hydrogen-bond acceptors (Lipinski definition) is 7. The molecule has 3 heterocycles. The molecule has 2 aliphatic heterocycles. The number of aromatic nitrogens is 2. The van der Waals surface area contributed by atoms with Gasteiger partial charge in [-0.3, -0.25) is 9.52 Å². The largest absolute Gasteiger partial charge is 0.490 e. The van der Waals surface area contributed by atoms with E-state index < -0.39 is 26.5 Å². The number of rotatable bonds is 1. The second-order valence-electron chi connectivity index (χ2n) is 14.1. The molecule has 4 aliphatic rings. The van der Waals surface area contributed by atoms with Gasteiger partial charge in [0, 0.05) is 46.5 Å². The molecule has 0 radical (unpaired) electrons. The smallest absolute Gasteiger partial charge is 0.262 e. The number of nitrogens with zero attached hydrogens (tertiary/aromatic N) is 3. The Labute approximate surface area is 282 Å². The van der Waals surface area contributed by atoms with E-state index in [9.17, 15) is 14.1 Å². The number of halogens is 1. The monoisotopic (exact) mass is 674 g/mol. The van der Waals surface area contributed by atoms with Gasteiger partial charge in [-0.15, -0.1) is 0 Å². The molecule has 1 amide bonds. The molecule has 2 aromatic carbocycles. The molecule has 1 spiro atoms. The minimum absolute atomic E-state index is 0.0758. The van der Waals surface area contributed by atoms with E-state index in [4.69, 9.17) is 16.3 Å². The molecule has 2 N–H and O–H groups in total. The zero-order valence-corrected chi connectivity index (χ0v) is 28.6. The average Bonchev–Trinajstić information content (AvgIpc) is 3.19. The van der Waals surface area contributed by atoms with Crippen LogP contribution in [0.5, 0.6) is 5.75 Å². The van der Waals surface area contributed by atoms with Crippen LogP contribution < -0.4 is 14.4 Å². The Hall–Kier alpha value is -3.40. The fourth-order valence-electron chi connectivity index (χ4n) is 8.16. The van der Waals surface area contributed by atoms with Crippen molar-refractivity contribution in [3.8, 4) is 5.75 Å². The number of carbonyl (C=O) groups is 1. The molecular weight excluding hydrogens is 632 g/mol. The van der Waals surface area contributed by atoms with E-state index in [1.54, 1.807) is 12.3 Å². The highest BCUT2D eigenvalue weighted by molar-refractivity contribution is 7.99. The number of carbonyl (C=O) groups excluding carboxylic acids is 1. The van der Waals surface area contributed by atoms with Crippen LogP contribution >= 0.6 is 11.6 Å². The molecule has 1 unspecified atom stereocenters. The third-order valence-corrected chi connectivity index (χ3v) is 13.7. The first-order valence-electron chi connectivity index (χ1n) is 16.7. The van der Waals surface area contributed by atoms with Crippen LogP contribution in [-0.2, 0) is 27.1 Å². The predicted octanol–water partition coefficient (Wildman–Crippen LogP) is 5.86. The van der Waals surface area contributed by atoms with E-state index in [1.807, 2.05) is 56.3 Å². The van der Waals surface area contributed by atoms with Gasteiger partial charge in [0.05, 0.1) is 27.7 Å². The Morgan fingerprint density at radius 1 is 1.17 bits per heavy atom. The normalized spacial score (nSPS) is 34.6. The van der Waals surface area contributed by atoms with E-state index in [2.05, 4.69) is 37.8 Å². The van der Waals surface area contributed by atoms with Gasteiger partial charge in [0.2, 0.25) is 0 Å². The Bertz CT molecular complexity index is 1820. The van der Waals surface area contributed by atoms with Crippen LogP contribution in [-0.4, -0.2) is 56.2 Å². The molecule has 1 saturated carbocycles. The number of anilines is 1. The van der Waals surface area contributed by atoms with Crippen molar-refractivity contribution in [3.05, 3.63) is 94.3 Å². The predicted molar refractivity (Wildman–Crippen MR) is 187 cm³/mol. The van der Waals surface area contributed by atoms with Crippen LogP contribution in [0.1, 0.15) is 73.1 Å². The van der Waals surface area contributed by atoms with Crippen LogP contribution in [0.3, 0.4) is 0 Å². The summed E-state index contributed by atoms with van der Waals surface area (Å²) in [6.45, 7) is 5.69. The van der Waals surface area contributed by atoms with Gasteiger partial charge in [0.1, 0.15) is 11.4 Å². The fourth-order valence-corrected chi connectivity index (χ4v) is 9.83. The van der Waals surface area contributed by atoms with Crippen LogP contribution in [0.15, 0.2) is 66.9 Å². The summed E-state index contributed by atoms with van der Waals surface area (Å²) >= 11 is 6.45. The number of ether oxygens (including phenoxy) is 1. The van der Waals surface area contributed by atoms with Crippen molar-refractivity contribution in [2.75, 3.05) is 24.6 Å². The first-order chi connectivity index (χ1) is 22.5. The number of aryl methyl sites for hydroxylation is 1. The summed E-state index contributed by atoms with van der Waals surface area (Å²) in [5.41, 5.74) is 2.67. The average molecular weight is 675 g/mol. The highest BCUT2D eigenvalue weighted by atomic mass is 35.5. The molecule has 1 aromatic heterocycles. The second-order valence-corrected chi connectivity index (χ2v) is 17.0. The first-order valence-corrected chi connectivity index (χ1v) is 18.8. The van der Waals surface area contributed by atoms with Crippen molar-refractivity contribution in [3.63, 3.8) is 0 Å². The van der Waals surface area contributed by atoms with Crippen LogP contribution in [0, 0.1) is 17.8 Å². The molecule has 7 atom stereocenters. The molecule has 0 saturated heterocycles. The van der Waals surface area contributed by atoms with E-state index in [0.29, 0.717) is 43.1 Å². The zero-order chi connectivity index (χ0) is 33.0. The molecule has 2 aliphatic carbocycles. The van der Waals surface area contributed by atoms with Gasteiger partial charge in [-0.05, 0) is 117 Å². The molecule has 10 heteroatoms. The van der Waals surface area contributed by atoms with Gasteiger partial charge >= 0.3 is 0 Å². The van der Waals surface area contributed by atoms with Gasteiger partial charge in [-0.2, -0.15) is 10.2 Å². The molecule has 3 aromatic rings. The zero-order valence-electron chi connectivity index (χ0n) is 27.0. The van der Waals surface area contributed by atoms with Crippen LogP contribution in [0.4, 0.5) is 5.69 Å². The third kappa shape index (κ3) is 5.85. The minimum atomic E-state index is -3.00. The summed E-state index contributed by atoms with van der Waals surface area (Å²) in [4.78, 5) is 16.0.